The summed E-state index contributed by atoms with van der Waals surface area (Å²) in [6.45, 7) is 11.0. The van der Waals surface area contributed by atoms with Crippen LogP contribution in [0.25, 0.3) is 11.0 Å². The number of aryl methyl sites for hydroxylation is 1. The topological polar surface area (TPSA) is 111 Å². The van der Waals surface area contributed by atoms with E-state index in [9.17, 15) is 14.0 Å². The van der Waals surface area contributed by atoms with Crippen molar-refractivity contribution < 1.29 is 23.5 Å². The molecule has 11 heteroatoms. The number of carbonyl (C=O) groups is 2. The molecule has 1 aliphatic rings. The molecule has 0 bridgehead atoms. The number of hydrogen-bond donors (Lipinski definition) is 2. The van der Waals surface area contributed by atoms with Crippen molar-refractivity contribution in [2.24, 2.45) is 13.0 Å². The van der Waals surface area contributed by atoms with E-state index < -0.39 is 11.4 Å². The number of benzene rings is 1. The first-order chi connectivity index (χ1) is 18.4. The molecule has 2 amide bonds. The molecule has 4 rings (SSSR count). The smallest absolute Gasteiger partial charge is 0.410 e. The summed E-state index contributed by atoms with van der Waals surface area (Å²) in [6.07, 6.45) is 2.54. The van der Waals surface area contributed by atoms with E-state index in [0.29, 0.717) is 53.6 Å². The van der Waals surface area contributed by atoms with E-state index in [1.54, 1.807) is 28.6 Å². The largest absolute Gasteiger partial charge is 0.489 e. The van der Waals surface area contributed by atoms with E-state index in [1.165, 1.54) is 18.5 Å². The monoisotopic (exact) mass is 540 g/mol. The normalized spacial score (nSPS) is 14.5. The van der Waals surface area contributed by atoms with Crippen LogP contribution in [-0.4, -0.2) is 62.8 Å². The molecular weight excluding hydrogens is 503 g/mol. The van der Waals surface area contributed by atoms with Crippen LogP contribution < -0.4 is 15.4 Å². The van der Waals surface area contributed by atoms with Crippen molar-refractivity contribution in [2.45, 2.75) is 59.2 Å². The summed E-state index contributed by atoms with van der Waals surface area (Å²) in [5.41, 5.74) is 1.70. The van der Waals surface area contributed by atoms with E-state index in [-0.39, 0.29) is 24.0 Å². The number of amides is 2. The zero-order valence-electron chi connectivity index (χ0n) is 23.4. The van der Waals surface area contributed by atoms with Crippen LogP contribution in [0.4, 0.5) is 20.7 Å². The lowest BCUT2D eigenvalue weighted by atomic mass is 9.97. The number of hydrogen-bond acceptors (Lipinski definition) is 7. The summed E-state index contributed by atoms with van der Waals surface area (Å²) >= 11 is 0. The van der Waals surface area contributed by atoms with Crippen LogP contribution in [0.5, 0.6) is 5.75 Å². The quantitative estimate of drug-likeness (QED) is 0.433. The Hall–Kier alpha value is -3.89. The van der Waals surface area contributed by atoms with E-state index in [0.717, 1.165) is 12.8 Å². The lowest BCUT2D eigenvalue weighted by Gasteiger charge is -2.33. The van der Waals surface area contributed by atoms with Crippen molar-refractivity contribution >= 4 is 34.5 Å². The van der Waals surface area contributed by atoms with Crippen LogP contribution in [0.3, 0.4) is 0 Å². The van der Waals surface area contributed by atoms with Crippen molar-refractivity contribution in [3.05, 3.63) is 42.1 Å². The Morgan fingerprint density at radius 3 is 2.54 bits per heavy atom. The highest BCUT2D eigenvalue weighted by Gasteiger charge is 2.27. The van der Waals surface area contributed by atoms with Gasteiger partial charge in [-0.2, -0.15) is 0 Å². The van der Waals surface area contributed by atoms with Gasteiger partial charge >= 0.3 is 6.09 Å². The number of ether oxygens (including phenoxy) is 2. The van der Waals surface area contributed by atoms with Gasteiger partial charge in [0.2, 0.25) is 0 Å². The summed E-state index contributed by atoms with van der Waals surface area (Å²) < 4.78 is 26.8. The third-order valence-electron chi connectivity index (χ3n) is 6.43. The second-order valence-corrected chi connectivity index (χ2v) is 11.1. The minimum absolute atomic E-state index is 0.146. The van der Waals surface area contributed by atoms with Gasteiger partial charge in [0.15, 0.2) is 5.82 Å². The lowest BCUT2D eigenvalue weighted by Crippen LogP contribution is -2.43. The SMILES string of the molecule is CC(C)Oc1cc(F)ccc1Nc1ncnc2cc(C(=O)NCC3CCN(C(=O)OC(C)(C)C)CC3)n(C)c12. The van der Waals surface area contributed by atoms with Crippen molar-refractivity contribution in [1.82, 2.24) is 24.8 Å². The van der Waals surface area contributed by atoms with Crippen molar-refractivity contribution in [1.29, 1.82) is 0 Å². The Labute approximate surface area is 227 Å². The first-order valence-electron chi connectivity index (χ1n) is 13.2. The van der Waals surface area contributed by atoms with Gasteiger partial charge in [-0.25, -0.2) is 19.2 Å². The number of anilines is 2. The van der Waals surface area contributed by atoms with E-state index in [1.807, 2.05) is 34.6 Å². The fourth-order valence-electron chi connectivity index (χ4n) is 4.54. The summed E-state index contributed by atoms with van der Waals surface area (Å²) in [4.78, 5) is 35.9. The standard InChI is InChI=1S/C28H37FN6O4/c1-17(2)38-23-13-19(29)7-8-20(23)33-25-24-21(31-16-32-25)14-22(34(24)6)26(36)30-15-18-9-11-35(12-10-18)27(37)39-28(3,4)5/h7-8,13-14,16-18H,9-12,15H2,1-6H3,(H,30,36)(H,31,32,33). The predicted octanol–water partition coefficient (Wildman–Crippen LogP) is 5.02. The molecule has 3 aromatic rings. The molecule has 210 valence electrons. The number of fused-ring (bicyclic) bond motifs is 1. The van der Waals surface area contributed by atoms with Gasteiger partial charge in [0.1, 0.15) is 34.7 Å². The fourth-order valence-corrected chi connectivity index (χ4v) is 4.54. The highest BCUT2D eigenvalue weighted by atomic mass is 19.1. The number of aromatic nitrogens is 3. The molecule has 39 heavy (non-hydrogen) atoms. The highest BCUT2D eigenvalue weighted by Crippen LogP contribution is 2.32. The second kappa shape index (κ2) is 11.5. The van der Waals surface area contributed by atoms with E-state index in [2.05, 4.69) is 20.6 Å². The minimum Gasteiger partial charge on any atom is -0.489 e. The number of carbonyl (C=O) groups excluding carboxylic acids is 2. The molecule has 0 unspecified atom stereocenters. The fraction of sp³-hybridized carbons (Fsp3) is 0.500. The first kappa shape index (κ1) is 28.1. The van der Waals surface area contributed by atoms with Gasteiger partial charge < -0.3 is 29.6 Å². The van der Waals surface area contributed by atoms with Gasteiger partial charge in [-0.15, -0.1) is 0 Å². The zero-order chi connectivity index (χ0) is 28.3. The molecule has 1 fully saturated rings. The third kappa shape index (κ3) is 6.96. The minimum atomic E-state index is -0.524. The summed E-state index contributed by atoms with van der Waals surface area (Å²) in [5, 5.41) is 6.25. The molecule has 1 aliphatic heterocycles. The maximum atomic E-state index is 13.9. The van der Waals surface area contributed by atoms with Crippen LogP contribution >= 0.6 is 0 Å². The Kier molecular flexibility index (Phi) is 8.27. The third-order valence-corrected chi connectivity index (χ3v) is 6.43. The van der Waals surface area contributed by atoms with Gasteiger partial charge in [0.05, 0.1) is 17.3 Å². The Bertz CT molecular complexity index is 1340. The Morgan fingerprint density at radius 2 is 1.87 bits per heavy atom. The summed E-state index contributed by atoms with van der Waals surface area (Å²) in [7, 11) is 1.78. The van der Waals surface area contributed by atoms with Crippen molar-refractivity contribution in [3.63, 3.8) is 0 Å². The number of likely N-dealkylation sites (tertiary alicyclic amines) is 1. The first-order valence-corrected chi connectivity index (χ1v) is 13.2. The maximum absolute atomic E-state index is 13.9. The average molecular weight is 541 g/mol. The maximum Gasteiger partial charge on any atom is 0.410 e. The molecule has 0 atom stereocenters. The van der Waals surface area contributed by atoms with E-state index >= 15 is 0 Å². The molecule has 1 aromatic carbocycles. The molecule has 0 radical (unpaired) electrons. The summed E-state index contributed by atoms with van der Waals surface area (Å²) in [6, 6.07) is 5.98. The van der Waals surface area contributed by atoms with Crippen LogP contribution in [0, 0.1) is 11.7 Å². The van der Waals surface area contributed by atoms with Crippen molar-refractivity contribution in [3.8, 4) is 5.75 Å². The molecule has 3 heterocycles. The van der Waals surface area contributed by atoms with Crippen molar-refractivity contribution in [2.75, 3.05) is 25.0 Å². The van der Waals surface area contributed by atoms with Gasteiger partial charge in [-0.05, 0) is 71.6 Å². The Balaban J connectivity index is 1.43. The molecule has 0 aliphatic carbocycles. The summed E-state index contributed by atoms with van der Waals surface area (Å²) in [5.74, 6) is 0.467. The molecule has 0 saturated carbocycles. The second-order valence-electron chi connectivity index (χ2n) is 11.1. The number of nitrogens with zero attached hydrogens (tertiary/aromatic N) is 4. The molecular formula is C28H37FN6O4. The predicted molar refractivity (Wildman–Crippen MR) is 147 cm³/mol. The highest BCUT2D eigenvalue weighted by molar-refractivity contribution is 6.00. The Morgan fingerprint density at radius 1 is 1.15 bits per heavy atom. The van der Waals surface area contributed by atoms with Crippen LogP contribution in [0.15, 0.2) is 30.6 Å². The zero-order valence-corrected chi connectivity index (χ0v) is 23.4. The number of rotatable bonds is 7. The van der Waals surface area contributed by atoms with Crippen LogP contribution in [0.1, 0.15) is 57.9 Å². The van der Waals surface area contributed by atoms with Gasteiger partial charge in [-0.1, -0.05) is 0 Å². The van der Waals surface area contributed by atoms with Gasteiger partial charge in [0, 0.05) is 32.7 Å². The molecule has 2 aromatic heterocycles. The number of nitrogens with one attached hydrogen (secondary N) is 2. The van der Waals surface area contributed by atoms with E-state index in [4.69, 9.17) is 9.47 Å². The molecule has 0 spiro atoms. The van der Waals surface area contributed by atoms with Gasteiger partial charge in [-0.3, -0.25) is 4.79 Å². The average Bonchev–Trinajstić information content (AvgIpc) is 3.20. The van der Waals surface area contributed by atoms with Gasteiger partial charge in [0.25, 0.3) is 5.91 Å². The van der Waals surface area contributed by atoms with Crippen LogP contribution in [-0.2, 0) is 11.8 Å². The number of piperidine rings is 1. The van der Waals surface area contributed by atoms with Crippen LogP contribution in [0.2, 0.25) is 0 Å². The number of halogens is 1. The lowest BCUT2D eigenvalue weighted by molar-refractivity contribution is 0.0183. The molecule has 1 saturated heterocycles. The molecule has 2 N–H and O–H groups in total. The molecule has 10 nitrogen and oxygen atoms in total.